The van der Waals surface area contributed by atoms with Gasteiger partial charge in [0, 0.05) is 32.4 Å². The molecule has 0 radical (unpaired) electrons. The van der Waals surface area contributed by atoms with Gasteiger partial charge in [0.2, 0.25) is 0 Å². The molecule has 3 heteroatoms. The van der Waals surface area contributed by atoms with Crippen LogP contribution in [-0.2, 0) is 13.0 Å². The van der Waals surface area contributed by atoms with Crippen molar-refractivity contribution in [3.63, 3.8) is 0 Å². The van der Waals surface area contributed by atoms with Gasteiger partial charge in [-0.15, -0.1) is 0 Å². The summed E-state index contributed by atoms with van der Waals surface area (Å²) in [5, 5.41) is 13.1. The Hall–Kier alpha value is -1.06. The number of nitrogens with zero attached hydrogens (tertiary/aromatic N) is 1. The first kappa shape index (κ1) is 14.4. The molecule has 0 saturated carbocycles. The highest BCUT2D eigenvalue weighted by molar-refractivity contribution is 5.56. The van der Waals surface area contributed by atoms with Crippen LogP contribution < -0.4 is 10.2 Å². The van der Waals surface area contributed by atoms with E-state index in [2.05, 4.69) is 35.5 Å². The average Bonchev–Trinajstić information content (AvgIpc) is 2.38. The van der Waals surface area contributed by atoms with Crippen molar-refractivity contribution in [2.75, 3.05) is 25.0 Å². The molecule has 0 aromatic heterocycles. The monoisotopic (exact) mass is 262 g/mol. The van der Waals surface area contributed by atoms with Gasteiger partial charge in [0.15, 0.2) is 0 Å². The normalized spacial score (nSPS) is 16.6. The molecule has 1 aromatic carbocycles. The van der Waals surface area contributed by atoms with E-state index in [1.54, 1.807) is 0 Å². The number of rotatable bonds is 5. The summed E-state index contributed by atoms with van der Waals surface area (Å²) < 4.78 is 0. The zero-order chi connectivity index (χ0) is 13.8. The summed E-state index contributed by atoms with van der Waals surface area (Å²) in [6, 6.07) is 6.72. The Morgan fingerprint density at radius 1 is 1.37 bits per heavy atom. The minimum atomic E-state index is -0.260. The van der Waals surface area contributed by atoms with Crippen LogP contribution in [0.5, 0.6) is 0 Å². The first-order valence-corrected chi connectivity index (χ1v) is 7.29. The summed E-state index contributed by atoms with van der Waals surface area (Å²) in [6.07, 6.45) is 2.16. The van der Waals surface area contributed by atoms with E-state index in [0.29, 0.717) is 12.5 Å². The molecular formula is C16H26N2O. The molecule has 0 amide bonds. The van der Waals surface area contributed by atoms with E-state index >= 15 is 0 Å². The lowest BCUT2D eigenvalue weighted by Gasteiger charge is -2.28. The molecule has 1 aliphatic heterocycles. The molecule has 0 bridgehead atoms. The van der Waals surface area contributed by atoms with Crippen molar-refractivity contribution in [2.45, 2.75) is 39.3 Å². The molecular weight excluding hydrogens is 236 g/mol. The molecule has 0 spiro atoms. The molecule has 1 aliphatic rings. The SMILES string of the molecule is CC(C)C(O)CNCc1ccc2c(c1)CCCN2C. The molecule has 0 saturated heterocycles. The molecule has 2 rings (SSSR count). The third-order valence-electron chi connectivity index (χ3n) is 3.95. The third kappa shape index (κ3) is 3.71. The Kier molecular flexibility index (Phi) is 4.83. The Labute approximate surface area is 116 Å². The van der Waals surface area contributed by atoms with E-state index in [1.165, 1.54) is 29.7 Å². The van der Waals surface area contributed by atoms with Crippen molar-refractivity contribution in [3.05, 3.63) is 29.3 Å². The van der Waals surface area contributed by atoms with Gasteiger partial charge in [0.1, 0.15) is 0 Å². The number of aliphatic hydroxyl groups is 1. The van der Waals surface area contributed by atoms with Gasteiger partial charge in [-0.2, -0.15) is 0 Å². The molecule has 3 nitrogen and oxygen atoms in total. The number of nitrogens with one attached hydrogen (secondary N) is 1. The minimum Gasteiger partial charge on any atom is -0.392 e. The first-order valence-electron chi connectivity index (χ1n) is 7.29. The molecule has 1 heterocycles. The van der Waals surface area contributed by atoms with E-state index in [0.717, 1.165) is 13.1 Å². The van der Waals surface area contributed by atoms with Crippen molar-refractivity contribution in [1.29, 1.82) is 0 Å². The lowest BCUT2D eigenvalue weighted by Crippen LogP contribution is -2.30. The maximum atomic E-state index is 9.76. The fraction of sp³-hybridized carbons (Fsp3) is 0.625. The third-order valence-corrected chi connectivity index (χ3v) is 3.95. The number of fused-ring (bicyclic) bond motifs is 1. The average molecular weight is 262 g/mol. The molecule has 19 heavy (non-hydrogen) atoms. The molecule has 1 aromatic rings. The maximum absolute atomic E-state index is 9.76. The van der Waals surface area contributed by atoms with Gasteiger partial charge in [-0.05, 0) is 36.0 Å². The number of hydrogen-bond donors (Lipinski definition) is 2. The first-order chi connectivity index (χ1) is 9.08. The van der Waals surface area contributed by atoms with Gasteiger partial charge in [0.05, 0.1) is 6.10 Å². The predicted octanol–water partition coefficient (Wildman–Crippen LogP) is 2.18. The van der Waals surface area contributed by atoms with E-state index in [9.17, 15) is 5.11 Å². The van der Waals surface area contributed by atoms with Crippen LogP contribution in [0.3, 0.4) is 0 Å². The maximum Gasteiger partial charge on any atom is 0.0687 e. The van der Waals surface area contributed by atoms with Gasteiger partial charge >= 0.3 is 0 Å². The van der Waals surface area contributed by atoms with Crippen molar-refractivity contribution in [3.8, 4) is 0 Å². The Morgan fingerprint density at radius 2 is 2.16 bits per heavy atom. The summed E-state index contributed by atoms with van der Waals surface area (Å²) in [4.78, 5) is 2.33. The Morgan fingerprint density at radius 3 is 2.89 bits per heavy atom. The minimum absolute atomic E-state index is 0.260. The number of benzene rings is 1. The zero-order valence-electron chi connectivity index (χ0n) is 12.3. The smallest absolute Gasteiger partial charge is 0.0687 e. The van der Waals surface area contributed by atoms with Crippen LogP contribution in [0.2, 0.25) is 0 Å². The van der Waals surface area contributed by atoms with Crippen LogP contribution in [0.4, 0.5) is 5.69 Å². The van der Waals surface area contributed by atoms with Crippen LogP contribution in [0.15, 0.2) is 18.2 Å². The summed E-state index contributed by atoms with van der Waals surface area (Å²) in [5.74, 6) is 0.310. The van der Waals surface area contributed by atoms with E-state index in [1.807, 2.05) is 13.8 Å². The van der Waals surface area contributed by atoms with Crippen LogP contribution in [0, 0.1) is 5.92 Å². The Balaban J connectivity index is 1.91. The largest absolute Gasteiger partial charge is 0.392 e. The summed E-state index contributed by atoms with van der Waals surface area (Å²) in [5.41, 5.74) is 4.14. The van der Waals surface area contributed by atoms with Crippen molar-refractivity contribution < 1.29 is 5.11 Å². The van der Waals surface area contributed by atoms with E-state index in [-0.39, 0.29) is 6.10 Å². The second-order valence-corrected chi connectivity index (χ2v) is 5.93. The molecule has 1 unspecified atom stereocenters. The van der Waals surface area contributed by atoms with Crippen LogP contribution in [0.25, 0.3) is 0 Å². The highest BCUT2D eigenvalue weighted by Crippen LogP contribution is 2.26. The summed E-state index contributed by atoms with van der Waals surface area (Å²) in [6.45, 7) is 6.74. The highest BCUT2D eigenvalue weighted by Gasteiger charge is 2.13. The van der Waals surface area contributed by atoms with Gasteiger partial charge < -0.3 is 15.3 Å². The molecule has 0 fully saturated rings. The molecule has 0 aliphatic carbocycles. The number of aryl methyl sites for hydroxylation is 1. The second kappa shape index (κ2) is 6.40. The van der Waals surface area contributed by atoms with Gasteiger partial charge in [-0.1, -0.05) is 26.0 Å². The molecule has 106 valence electrons. The number of anilines is 1. The van der Waals surface area contributed by atoms with Crippen molar-refractivity contribution in [2.24, 2.45) is 5.92 Å². The number of hydrogen-bond acceptors (Lipinski definition) is 3. The predicted molar refractivity (Wildman–Crippen MR) is 80.6 cm³/mol. The van der Waals surface area contributed by atoms with Crippen molar-refractivity contribution in [1.82, 2.24) is 5.32 Å². The summed E-state index contributed by atoms with van der Waals surface area (Å²) in [7, 11) is 2.16. The zero-order valence-corrected chi connectivity index (χ0v) is 12.3. The fourth-order valence-electron chi connectivity index (χ4n) is 2.55. The second-order valence-electron chi connectivity index (χ2n) is 5.93. The van der Waals surface area contributed by atoms with Crippen LogP contribution >= 0.6 is 0 Å². The van der Waals surface area contributed by atoms with E-state index in [4.69, 9.17) is 0 Å². The highest BCUT2D eigenvalue weighted by atomic mass is 16.3. The van der Waals surface area contributed by atoms with Crippen molar-refractivity contribution >= 4 is 5.69 Å². The lowest BCUT2D eigenvalue weighted by atomic mass is 9.99. The Bertz CT molecular complexity index is 417. The van der Waals surface area contributed by atoms with Gasteiger partial charge in [-0.25, -0.2) is 0 Å². The lowest BCUT2D eigenvalue weighted by molar-refractivity contribution is 0.123. The topological polar surface area (TPSA) is 35.5 Å². The van der Waals surface area contributed by atoms with E-state index < -0.39 is 0 Å². The van der Waals surface area contributed by atoms with Crippen LogP contribution in [-0.4, -0.2) is 31.3 Å². The van der Waals surface area contributed by atoms with Gasteiger partial charge in [0.25, 0.3) is 0 Å². The molecule has 2 N–H and O–H groups in total. The number of aliphatic hydroxyl groups excluding tert-OH is 1. The van der Waals surface area contributed by atoms with Crippen LogP contribution in [0.1, 0.15) is 31.4 Å². The quantitative estimate of drug-likeness (QED) is 0.854. The fourth-order valence-corrected chi connectivity index (χ4v) is 2.55. The standard InChI is InChI=1S/C16H26N2O/c1-12(2)16(19)11-17-10-13-6-7-15-14(9-13)5-4-8-18(15)3/h6-7,9,12,16-17,19H,4-5,8,10-11H2,1-3H3. The molecule has 1 atom stereocenters. The van der Waals surface area contributed by atoms with Gasteiger partial charge in [-0.3, -0.25) is 0 Å². The summed E-state index contributed by atoms with van der Waals surface area (Å²) >= 11 is 0.